The minimum Gasteiger partial charge on any atom is -0.469 e. The standard InChI is InChI=1S/C43H55N5O7/c1-6-25(3)20-37(49)47-18-8-10-31(47)39-44-24-36(55-39)28-12-14-29-34(22-28)53-33-15-13-27(21-30(33)43(29)16-17-43)35-23-45-40(54-35)32-11-9-19-48(32)41(50)38(26(4)7-2)46-42(51)52-5/h12-15,21-22,25-26,31-32,35-36,38H,6-11,16-20,23-24H2,1-5H3,(H,46,51)/t25-,26-,31-,32-,35?,36?,38-/m0/s1. The van der Waals surface area contributed by atoms with E-state index in [1.54, 1.807) is 0 Å². The molecule has 2 unspecified atom stereocenters. The van der Waals surface area contributed by atoms with Gasteiger partial charge in [-0.05, 0) is 79.7 Å². The van der Waals surface area contributed by atoms with Crippen LogP contribution in [0.25, 0.3) is 0 Å². The first-order valence-corrected chi connectivity index (χ1v) is 20.5. The van der Waals surface area contributed by atoms with Gasteiger partial charge in [-0.1, -0.05) is 58.7 Å². The van der Waals surface area contributed by atoms with Crippen molar-refractivity contribution in [1.29, 1.82) is 0 Å². The molecule has 2 saturated heterocycles. The normalized spacial score (nSPS) is 26.1. The van der Waals surface area contributed by atoms with Crippen molar-refractivity contribution in [1.82, 2.24) is 15.1 Å². The van der Waals surface area contributed by atoms with E-state index in [9.17, 15) is 14.4 Å². The van der Waals surface area contributed by atoms with Gasteiger partial charge < -0.3 is 34.1 Å². The Hall–Kier alpha value is -4.61. The topological polar surface area (TPSA) is 131 Å². The number of ether oxygens (including phenoxy) is 4. The summed E-state index contributed by atoms with van der Waals surface area (Å²) in [6.45, 7) is 10.6. The van der Waals surface area contributed by atoms with Gasteiger partial charge in [-0.2, -0.15) is 0 Å². The molecule has 0 aromatic heterocycles. The van der Waals surface area contributed by atoms with E-state index in [1.807, 2.05) is 23.6 Å². The van der Waals surface area contributed by atoms with Gasteiger partial charge in [0.15, 0.2) is 0 Å². The molecule has 5 aliphatic heterocycles. The highest BCUT2D eigenvalue weighted by Gasteiger charge is 2.52. The van der Waals surface area contributed by atoms with E-state index in [0.29, 0.717) is 43.8 Å². The second-order valence-corrected chi connectivity index (χ2v) is 16.4. The lowest BCUT2D eigenvalue weighted by Gasteiger charge is -2.31. The summed E-state index contributed by atoms with van der Waals surface area (Å²) in [6.07, 6.45) is 6.76. The maximum absolute atomic E-state index is 13.8. The monoisotopic (exact) mass is 753 g/mol. The number of nitrogens with zero attached hydrogens (tertiary/aromatic N) is 4. The summed E-state index contributed by atoms with van der Waals surface area (Å²) in [5.74, 6) is 3.39. The maximum atomic E-state index is 13.8. The number of alkyl carbamates (subject to hydrolysis) is 1. The molecule has 7 atom stereocenters. The van der Waals surface area contributed by atoms with Crippen molar-refractivity contribution in [2.45, 2.75) is 121 Å². The van der Waals surface area contributed by atoms with Gasteiger partial charge in [0.05, 0.1) is 20.2 Å². The van der Waals surface area contributed by atoms with Gasteiger partial charge in [0.2, 0.25) is 23.6 Å². The smallest absolute Gasteiger partial charge is 0.407 e. The zero-order valence-corrected chi connectivity index (χ0v) is 32.8. The molecule has 1 aliphatic carbocycles. The van der Waals surface area contributed by atoms with Crippen LogP contribution in [0, 0.1) is 11.8 Å². The average Bonchev–Trinajstić information content (AvgIpc) is 3.77. The zero-order valence-electron chi connectivity index (χ0n) is 32.8. The number of likely N-dealkylation sites (tertiary alicyclic amines) is 2. The molecule has 8 rings (SSSR count). The maximum Gasteiger partial charge on any atom is 0.407 e. The van der Waals surface area contributed by atoms with Gasteiger partial charge >= 0.3 is 6.09 Å². The van der Waals surface area contributed by atoms with Crippen LogP contribution in [0.2, 0.25) is 0 Å². The second-order valence-electron chi connectivity index (χ2n) is 16.4. The number of methoxy groups -OCH3 is 1. The highest BCUT2D eigenvalue weighted by Crippen LogP contribution is 2.62. The van der Waals surface area contributed by atoms with Crippen LogP contribution in [0.15, 0.2) is 46.4 Å². The Kier molecular flexibility index (Phi) is 10.3. The largest absolute Gasteiger partial charge is 0.469 e. The predicted octanol–water partition coefficient (Wildman–Crippen LogP) is 7.00. The van der Waals surface area contributed by atoms with Crippen LogP contribution in [0.1, 0.15) is 120 Å². The Morgan fingerprint density at radius 3 is 2.13 bits per heavy atom. The number of fused-ring (bicyclic) bond motifs is 4. The van der Waals surface area contributed by atoms with E-state index in [2.05, 4.69) is 55.6 Å². The molecule has 55 heavy (non-hydrogen) atoms. The Balaban J connectivity index is 0.932. The number of benzene rings is 2. The molecular formula is C43H55N5O7. The van der Waals surface area contributed by atoms with Crippen LogP contribution < -0.4 is 10.1 Å². The Labute approximate surface area is 324 Å². The average molecular weight is 754 g/mol. The number of nitrogens with one attached hydrogen (secondary N) is 1. The van der Waals surface area contributed by atoms with Crippen LogP contribution >= 0.6 is 0 Å². The molecule has 2 aromatic carbocycles. The highest BCUT2D eigenvalue weighted by molar-refractivity contribution is 5.93. The first-order chi connectivity index (χ1) is 26.6. The molecule has 0 radical (unpaired) electrons. The van der Waals surface area contributed by atoms with Gasteiger partial charge in [0.1, 0.15) is 41.8 Å². The minimum atomic E-state index is -0.680. The third-order valence-electron chi connectivity index (χ3n) is 12.9. The van der Waals surface area contributed by atoms with E-state index >= 15 is 0 Å². The molecule has 1 spiro atoms. The molecule has 12 nitrogen and oxygen atoms in total. The van der Waals surface area contributed by atoms with Crippen molar-refractivity contribution in [2.24, 2.45) is 21.8 Å². The highest BCUT2D eigenvalue weighted by atomic mass is 16.5. The van der Waals surface area contributed by atoms with Crippen LogP contribution in [0.3, 0.4) is 0 Å². The van der Waals surface area contributed by atoms with Crippen molar-refractivity contribution >= 4 is 29.7 Å². The number of hydrogen-bond acceptors (Lipinski definition) is 9. The van der Waals surface area contributed by atoms with E-state index in [4.69, 9.17) is 28.9 Å². The van der Waals surface area contributed by atoms with E-state index in [0.717, 1.165) is 80.5 Å². The van der Waals surface area contributed by atoms with Gasteiger partial charge in [-0.25, -0.2) is 14.8 Å². The first kappa shape index (κ1) is 37.3. The SMILES string of the molecule is CC[C@H](C)CC(=O)N1CCC[C@H]1C1=NCC(c2ccc3c(c2)Oc2ccc(C4CN=C([C@@H]5CCCN5C(=O)[C@@H](NC(=O)OC)[C@@H](C)CC)O4)cc2C32CC2)O1. The minimum absolute atomic E-state index is 0.0562. The summed E-state index contributed by atoms with van der Waals surface area (Å²) in [5, 5.41) is 2.76. The lowest BCUT2D eigenvalue weighted by Crippen LogP contribution is -2.54. The number of rotatable bonds is 11. The summed E-state index contributed by atoms with van der Waals surface area (Å²) in [4.78, 5) is 52.5. The summed E-state index contributed by atoms with van der Waals surface area (Å²) < 4.78 is 24.5. The van der Waals surface area contributed by atoms with Crippen molar-refractivity contribution in [2.75, 3.05) is 33.3 Å². The second kappa shape index (κ2) is 15.1. The van der Waals surface area contributed by atoms with Crippen molar-refractivity contribution in [3.63, 3.8) is 0 Å². The van der Waals surface area contributed by atoms with Gasteiger partial charge in [0.25, 0.3) is 0 Å². The summed E-state index contributed by atoms with van der Waals surface area (Å²) >= 11 is 0. The molecule has 2 aromatic rings. The summed E-state index contributed by atoms with van der Waals surface area (Å²) in [7, 11) is 1.31. The Bertz CT molecular complexity index is 1890. The van der Waals surface area contributed by atoms with Crippen molar-refractivity contribution < 1.29 is 33.3 Å². The Morgan fingerprint density at radius 1 is 0.855 bits per heavy atom. The lowest BCUT2D eigenvalue weighted by molar-refractivity contribution is -0.134. The zero-order chi connectivity index (χ0) is 38.4. The van der Waals surface area contributed by atoms with Gasteiger partial charge in [0, 0.05) is 36.1 Å². The fourth-order valence-electron chi connectivity index (χ4n) is 9.07. The fraction of sp³-hybridized carbons (Fsp3) is 0.605. The molecule has 0 bridgehead atoms. The molecule has 294 valence electrons. The van der Waals surface area contributed by atoms with Crippen LogP contribution in [-0.2, 0) is 29.2 Å². The third kappa shape index (κ3) is 6.94. The molecule has 1 saturated carbocycles. The van der Waals surface area contributed by atoms with E-state index in [1.165, 1.54) is 18.2 Å². The number of carbonyl (C=O) groups is 3. The van der Waals surface area contributed by atoms with E-state index < -0.39 is 12.1 Å². The molecule has 1 N–H and O–H groups in total. The van der Waals surface area contributed by atoms with Crippen molar-refractivity contribution in [3.05, 3.63) is 58.7 Å². The van der Waals surface area contributed by atoms with Gasteiger partial charge in [-0.15, -0.1) is 0 Å². The van der Waals surface area contributed by atoms with Crippen LogP contribution in [0.5, 0.6) is 11.5 Å². The van der Waals surface area contributed by atoms with Crippen molar-refractivity contribution in [3.8, 4) is 11.5 Å². The number of carbonyl (C=O) groups excluding carboxylic acids is 3. The molecule has 5 heterocycles. The molecule has 3 amide bonds. The molecular weight excluding hydrogens is 699 g/mol. The van der Waals surface area contributed by atoms with Crippen LogP contribution in [0.4, 0.5) is 4.79 Å². The lowest BCUT2D eigenvalue weighted by atomic mass is 9.83. The van der Waals surface area contributed by atoms with E-state index in [-0.39, 0.29) is 47.4 Å². The number of amides is 3. The van der Waals surface area contributed by atoms with Gasteiger partial charge in [-0.3, -0.25) is 9.59 Å². The number of hydrogen-bond donors (Lipinski definition) is 1. The quantitative estimate of drug-likeness (QED) is 0.262. The first-order valence-electron chi connectivity index (χ1n) is 20.5. The van der Waals surface area contributed by atoms with Crippen LogP contribution in [-0.4, -0.2) is 90.9 Å². The predicted molar refractivity (Wildman–Crippen MR) is 208 cm³/mol. The summed E-state index contributed by atoms with van der Waals surface area (Å²) in [6, 6.07) is 11.8. The Morgan fingerprint density at radius 2 is 1.49 bits per heavy atom. The molecule has 12 heteroatoms. The summed E-state index contributed by atoms with van der Waals surface area (Å²) in [5.41, 5.74) is 4.34. The molecule has 6 aliphatic rings. The molecule has 3 fully saturated rings. The number of aliphatic imine (C=N–C) groups is 2. The third-order valence-corrected chi connectivity index (χ3v) is 12.9. The fourth-order valence-corrected chi connectivity index (χ4v) is 9.07.